The summed E-state index contributed by atoms with van der Waals surface area (Å²) in [5.41, 5.74) is 5.52. The summed E-state index contributed by atoms with van der Waals surface area (Å²) in [6.45, 7) is 11.4. The Morgan fingerprint density at radius 2 is 1.76 bits per heavy atom. The van der Waals surface area contributed by atoms with Gasteiger partial charge in [0.05, 0.1) is 6.20 Å². The number of amides is 1. The smallest absolute Gasteiger partial charge is 0.220 e. The number of carbonyl (C=O) groups excluding carboxylic acids is 1. The second-order valence-electron chi connectivity index (χ2n) is 9.44. The van der Waals surface area contributed by atoms with E-state index in [0.717, 1.165) is 55.4 Å². The molecule has 8 heteroatoms. The molecule has 8 nitrogen and oxygen atoms in total. The SMILES string of the molecule is Cc1c(CN2CCN(c3nccnc3-c3ccc(CNC(=O)CC(C)C)cc3)CC2)cnn1C. The highest BCUT2D eigenvalue weighted by molar-refractivity contribution is 5.76. The number of aromatic nitrogens is 4. The minimum atomic E-state index is 0.0909. The van der Waals surface area contributed by atoms with Gasteiger partial charge in [-0.15, -0.1) is 0 Å². The number of aryl methyl sites for hydroxylation is 1. The molecule has 3 heterocycles. The lowest BCUT2D eigenvalue weighted by atomic mass is 10.1. The summed E-state index contributed by atoms with van der Waals surface area (Å²) in [6.07, 6.45) is 6.04. The van der Waals surface area contributed by atoms with E-state index in [0.29, 0.717) is 18.9 Å². The molecular weight excluding hydrogens is 426 g/mol. The first kappa shape index (κ1) is 23.9. The lowest BCUT2D eigenvalue weighted by Crippen LogP contribution is -2.46. The number of nitrogens with zero attached hydrogens (tertiary/aromatic N) is 6. The lowest BCUT2D eigenvalue weighted by Gasteiger charge is -2.35. The van der Waals surface area contributed by atoms with Crippen molar-refractivity contribution in [3.05, 3.63) is 59.7 Å². The molecule has 1 N–H and O–H groups in total. The maximum atomic E-state index is 11.9. The van der Waals surface area contributed by atoms with Crippen molar-refractivity contribution < 1.29 is 4.79 Å². The van der Waals surface area contributed by atoms with Crippen molar-refractivity contribution in [1.82, 2.24) is 30.0 Å². The van der Waals surface area contributed by atoms with Gasteiger partial charge in [-0.25, -0.2) is 4.98 Å². The third-order valence-corrected chi connectivity index (χ3v) is 6.39. The van der Waals surface area contributed by atoms with E-state index in [-0.39, 0.29) is 5.91 Å². The van der Waals surface area contributed by atoms with Crippen molar-refractivity contribution >= 4 is 11.7 Å². The second-order valence-corrected chi connectivity index (χ2v) is 9.44. The van der Waals surface area contributed by atoms with Gasteiger partial charge >= 0.3 is 0 Å². The number of piperazine rings is 1. The maximum Gasteiger partial charge on any atom is 0.220 e. The normalized spacial score (nSPS) is 14.6. The van der Waals surface area contributed by atoms with Crippen LogP contribution in [0, 0.1) is 12.8 Å². The molecule has 0 unspecified atom stereocenters. The fourth-order valence-corrected chi connectivity index (χ4v) is 4.25. The molecule has 0 aliphatic carbocycles. The van der Waals surface area contributed by atoms with Gasteiger partial charge in [-0.3, -0.25) is 19.4 Å². The molecule has 180 valence electrons. The van der Waals surface area contributed by atoms with Crippen LogP contribution in [0.3, 0.4) is 0 Å². The fraction of sp³-hybridized carbons (Fsp3) is 0.462. The van der Waals surface area contributed by atoms with Crippen molar-refractivity contribution in [3.63, 3.8) is 0 Å². The van der Waals surface area contributed by atoms with Crippen molar-refractivity contribution in [1.29, 1.82) is 0 Å². The summed E-state index contributed by atoms with van der Waals surface area (Å²) in [4.78, 5) is 26.1. The number of rotatable bonds is 8. The first-order valence-corrected chi connectivity index (χ1v) is 12.0. The van der Waals surface area contributed by atoms with Gasteiger partial charge in [0.1, 0.15) is 5.69 Å². The van der Waals surface area contributed by atoms with E-state index in [1.165, 1.54) is 11.3 Å². The first-order valence-electron chi connectivity index (χ1n) is 12.0. The Balaban J connectivity index is 1.38. The predicted octanol–water partition coefficient (Wildman–Crippen LogP) is 3.17. The van der Waals surface area contributed by atoms with Gasteiger partial charge in [0.2, 0.25) is 5.91 Å². The Kier molecular flexibility index (Phi) is 7.57. The molecule has 0 atom stereocenters. The molecule has 1 aromatic carbocycles. The minimum absolute atomic E-state index is 0.0909. The minimum Gasteiger partial charge on any atom is -0.352 e. The van der Waals surface area contributed by atoms with Gasteiger partial charge in [-0.05, 0) is 18.4 Å². The van der Waals surface area contributed by atoms with Crippen LogP contribution in [0.25, 0.3) is 11.3 Å². The standard InChI is InChI=1S/C26H35N7O/c1-19(2)15-24(34)29-16-21-5-7-22(8-6-21)25-26(28-10-9-27-25)33-13-11-32(12-14-33)18-23-17-30-31(4)20(23)3/h5-10,17,19H,11-16,18H2,1-4H3,(H,29,34). The Morgan fingerprint density at radius 1 is 1.06 bits per heavy atom. The van der Waals surface area contributed by atoms with Crippen LogP contribution in [0.15, 0.2) is 42.9 Å². The molecule has 4 rings (SSSR count). The quantitative estimate of drug-likeness (QED) is 0.555. The van der Waals surface area contributed by atoms with Crippen molar-refractivity contribution in [2.24, 2.45) is 13.0 Å². The van der Waals surface area contributed by atoms with Crippen molar-refractivity contribution in [2.45, 2.75) is 40.3 Å². The lowest BCUT2D eigenvalue weighted by molar-refractivity contribution is -0.121. The number of hydrogen-bond acceptors (Lipinski definition) is 6. The first-order chi connectivity index (χ1) is 16.4. The van der Waals surface area contributed by atoms with E-state index < -0.39 is 0 Å². The van der Waals surface area contributed by atoms with Crippen LogP contribution in [0.1, 0.15) is 37.1 Å². The van der Waals surface area contributed by atoms with E-state index in [1.54, 1.807) is 12.4 Å². The molecule has 0 bridgehead atoms. The molecule has 1 amide bonds. The van der Waals surface area contributed by atoms with Crippen LogP contribution < -0.4 is 10.2 Å². The van der Waals surface area contributed by atoms with Crippen LogP contribution in [-0.4, -0.2) is 56.7 Å². The highest BCUT2D eigenvalue weighted by atomic mass is 16.1. The Bertz CT molecular complexity index is 1100. The monoisotopic (exact) mass is 461 g/mol. The summed E-state index contributed by atoms with van der Waals surface area (Å²) in [6, 6.07) is 8.24. The van der Waals surface area contributed by atoms with Gasteiger partial charge in [0.25, 0.3) is 0 Å². The molecule has 0 saturated carbocycles. The zero-order valence-corrected chi connectivity index (χ0v) is 20.7. The second kappa shape index (κ2) is 10.8. The van der Waals surface area contributed by atoms with Crippen molar-refractivity contribution in [2.75, 3.05) is 31.1 Å². The summed E-state index contributed by atoms with van der Waals surface area (Å²) in [5.74, 6) is 1.38. The summed E-state index contributed by atoms with van der Waals surface area (Å²) in [7, 11) is 1.99. The highest BCUT2D eigenvalue weighted by Crippen LogP contribution is 2.28. The zero-order chi connectivity index (χ0) is 24.1. The zero-order valence-electron chi connectivity index (χ0n) is 20.7. The predicted molar refractivity (Wildman–Crippen MR) is 134 cm³/mol. The average molecular weight is 462 g/mol. The van der Waals surface area contributed by atoms with E-state index >= 15 is 0 Å². The molecule has 0 radical (unpaired) electrons. The fourth-order valence-electron chi connectivity index (χ4n) is 4.25. The summed E-state index contributed by atoms with van der Waals surface area (Å²) in [5, 5.41) is 7.36. The molecular formula is C26H35N7O. The maximum absolute atomic E-state index is 11.9. The highest BCUT2D eigenvalue weighted by Gasteiger charge is 2.22. The van der Waals surface area contributed by atoms with Crippen molar-refractivity contribution in [3.8, 4) is 11.3 Å². The number of nitrogens with one attached hydrogen (secondary N) is 1. The Labute approximate surface area is 202 Å². The topological polar surface area (TPSA) is 79.2 Å². The van der Waals surface area contributed by atoms with Gasteiger partial charge in [0, 0.05) is 82.0 Å². The van der Waals surface area contributed by atoms with Crippen LogP contribution in [0.4, 0.5) is 5.82 Å². The van der Waals surface area contributed by atoms with E-state index in [9.17, 15) is 4.79 Å². The van der Waals surface area contributed by atoms with Gasteiger partial charge in [0.15, 0.2) is 5.82 Å². The molecule has 1 aliphatic rings. The number of anilines is 1. The van der Waals surface area contributed by atoms with E-state index in [1.807, 2.05) is 17.9 Å². The van der Waals surface area contributed by atoms with Gasteiger partial charge < -0.3 is 10.2 Å². The molecule has 1 saturated heterocycles. The third-order valence-electron chi connectivity index (χ3n) is 6.39. The number of benzene rings is 1. The Hall–Kier alpha value is -3.26. The van der Waals surface area contributed by atoms with Crippen LogP contribution in [0.5, 0.6) is 0 Å². The van der Waals surface area contributed by atoms with E-state index in [4.69, 9.17) is 0 Å². The van der Waals surface area contributed by atoms with Crippen LogP contribution in [-0.2, 0) is 24.9 Å². The number of hydrogen-bond donors (Lipinski definition) is 1. The summed E-state index contributed by atoms with van der Waals surface area (Å²) < 4.78 is 1.93. The molecule has 34 heavy (non-hydrogen) atoms. The third kappa shape index (κ3) is 5.80. The van der Waals surface area contributed by atoms with Gasteiger partial charge in [-0.2, -0.15) is 5.10 Å². The van der Waals surface area contributed by atoms with E-state index in [2.05, 4.69) is 75.2 Å². The average Bonchev–Trinajstić information content (AvgIpc) is 3.15. The summed E-state index contributed by atoms with van der Waals surface area (Å²) >= 11 is 0. The molecule has 2 aromatic heterocycles. The van der Waals surface area contributed by atoms with Gasteiger partial charge in [-0.1, -0.05) is 38.1 Å². The van der Waals surface area contributed by atoms with Crippen LogP contribution in [0.2, 0.25) is 0 Å². The largest absolute Gasteiger partial charge is 0.352 e. The Morgan fingerprint density at radius 3 is 2.41 bits per heavy atom. The molecule has 1 aliphatic heterocycles. The molecule has 3 aromatic rings. The molecule has 1 fully saturated rings. The van der Waals surface area contributed by atoms with Crippen LogP contribution >= 0.6 is 0 Å². The number of carbonyl (C=O) groups is 1. The molecule has 0 spiro atoms.